The lowest BCUT2D eigenvalue weighted by molar-refractivity contribution is -0.146. The Kier molecular flexibility index (Phi) is 3.06. The largest absolute Gasteiger partial charge is 0.481 e. The standard InChI is InChI=1S/C9H13NO3/c1-6(9(12)13)8(11)10-7-4-2-3-5-7/h2,4,6-7H,3,5H2,1H3,(H,10,11)(H,12,13). The number of carbonyl (C=O) groups is 2. The predicted octanol–water partition coefficient (Wildman–Crippen LogP) is 0.542. The minimum atomic E-state index is -1.08. The summed E-state index contributed by atoms with van der Waals surface area (Å²) in [6.07, 6.45) is 5.70. The van der Waals surface area contributed by atoms with Crippen LogP contribution in [0.5, 0.6) is 0 Å². The molecule has 0 aliphatic heterocycles. The van der Waals surface area contributed by atoms with Crippen molar-refractivity contribution < 1.29 is 14.7 Å². The summed E-state index contributed by atoms with van der Waals surface area (Å²) >= 11 is 0. The number of hydrogen-bond acceptors (Lipinski definition) is 2. The van der Waals surface area contributed by atoms with Crippen LogP contribution in [0.2, 0.25) is 0 Å². The van der Waals surface area contributed by atoms with E-state index in [9.17, 15) is 9.59 Å². The molecule has 0 aromatic carbocycles. The van der Waals surface area contributed by atoms with Crippen LogP contribution in [-0.2, 0) is 9.59 Å². The van der Waals surface area contributed by atoms with Crippen molar-refractivity contribution in [1.29, 1.82) is 0 Å². The second-order valence-electron chi connectivity index (χ2n) is 3.18. The molecule has 0 saturated heterocycles. The number of allylic oxidation sites excluding steroid dienone is 1. The Morgan fingerprint density at radius 1 is 1.62 bits per heavy atom. The Balaban J connectivity index is 2.40. The zero-order chi connectivity index (χ0) is 9.84. The average Bonchev–Trinajstić information content (AvgIpc) is 2.55. The number of hydrogen-bond donors (Lipinski definition) is 2. The smallest absolute Gasteiger partial charge is 0.315 e. The molecule has 72 valence electrons. The molecule has 0 aromatic heterocycles. The highest BCUT2D eigenvalue weighted by Crippen LogP contribution is 2.09. The molecule has 2 N–H and O–H groups in total. The van der Waals surface area contributed by atoms with Crippen molar-refractivity contribution in [3.8, 4) is 0 Å². The summed E-state index contributed by atoms with van der Waals surface area (Å²) in [6.45, 7) is 1.39. The van der Waals surface area contributed by atoms with Crippen molar-refractivity contribution in [2.45, 2.75) is 25.8 Å². The Labute approximate surface area is 76.6 Å². The minimum absolute atomic E-state index is 0.0225. The fourth-order valence-electron chi connectivity index (χ4n) is 1.17. The highest BCUT2D eigenvalue weighted by Gasteiger charge is 2.22. The van der Waals surface area contributed by atoms with Crippen molar-refractivity contribution in [3.05, 3.63) is 12.2 Å². The monoisotopic (exact) mass is 183 g/mol. The van der Waals surface area contributed by atoms with Gasteiger partial charge in [-0.15, -0.1) is 0 Å². The number of rotatable bonds is 3. The molecule has 0 saturated carbocycles. The van der Waals surface area contributed by atoms with Gasteiger partial charge in [-0.3, -0.25) is 9.59 Å². The molecule has 2 atom stereocenters. The van der Waals surface area contributed by atoms with Gasteiger partial charge in [0.25, 0.3) is 0 Å². The zero-order valence-corrected chi connectivity index (χ0v) is 7.49. The summed E-state index contributed by atoms with van der Waals surface area (Å²) in [5.41, 5.74) is 0. The van der Waals surface area contributed by atoms with Gasteiger partial charge in [0.15, 0.2) is 0 Å². The summed E-state index contributed by atoms with van der Waals surface area (Å²) in [5, 5.41) is 11.2. The Bertz CT molecular complexity index is 247. The topological polar surface area (TPSA) is 66.4 Å². The Morgan fingerprint density at radius 2 is 2.31 bits per heavy atom. The van der Waals surface area contributed by atoms with E-state index >= 15 is 0 Å². The molecule has 2 unspecified atom stereocenters. The van der Waals surface area contributed by atoms with Crippen LogP contribution in [0.1, 0.15) is 19.8 Å². The van der Waals surface area contributed by atoms with Crippen LogP contribution in [0, 0.1) is 5.92 Å². The number of amides is 1. The highest BCUT2D eigenvalue weighted by atomic mass is 16.4. The molecule has 0 spiro atoms. The first-order chi connectivity index (χ1) is 6.11. The van der Waals surface area contributed by atoms with Gasteiger partial charge in [-0.05, 0) is 19.8 Å². The van der Waals surface area contributed by atoms with Crippen LogP contribution < -0.4 is 5.32 Å². The van der Waals surface area contributed by atoms with E-state index in [0.29, 0.717) is 0 Å². The van der Waals surface area contributed by atoms with Crippen LogP contribution in [0.15, 0.2) is 12.2 Å². The summed E-state index contributed by atoms with van der Waals surface area (Å²) in [4.78, 5) is 21.7. The maximum absolute atomic E-state index is 11.2. The molecule has 1 aliphatic rings. The minimum Gasteiger partial charge on any atom is -0.481 e. The second-order valence-corrected chi connectivity index (χ2v) is 3.18. The zero-order valence-electron chi connectivity index (χ0n) is 7.49. The van der Waals surface area contributed by atoms with E-state index < -0.39 is 17.8 Å². The fraction of sp³-hybridized carbons (Fsp3) is 0.556. The average molecular weight is 183 g/mol. The van der Waals surface area contributed by atoms with Crippen molar-refractivity contribution >= 4 is 11.9 Å². The number of carboxylic acid groups (broad SMARTS) is 1. The predicted molar refractivity (Wildman–Crippen MR) is 47.1 cm³/mol. The van der Waals surface area contributed by atoms with E-state index in [1.807, 2.05) is 12.2 Å². The summed E-state index contributed by atoms with van der Waals surface area (Å²) in [6, 6.07) is 0.0225. The third-order valence-corrected chi connectivity index (χ3v) is 2.10. The van der Waals surface area contributed by atoms with E-state index in [-0.39, 0.29) is 6.04 Å². The Morgan fingerprint density at radius 3 is 2.77 bits per heavy atom. The molecule has 0 aromatic rings. The number of nitrogens with one attached hydrogen (secondary N) is 1. The van der Waals surface area contributed by atoms with Crippen LogP contribution in [0.3, 0.4) is 0 Å². The molecule has 0 heterocycles. The van der Waals surface area contributed by atoms with Gasteiger partial charge in [-0.2, -0.15) is 0 Å². The van der Waals surface area contributed by atoms with Crippen LogP contribution >= 0.6 is 0 Å². The number of carboxylic acids is 1. The third-order valence-electron chi connectivity index (χ3n) is 2.10. The lowest BCUT2D eigenvalue weighted by atomic mass is 10.1. The molecule has 4 nitrogen and oxygen atoms in total. The van der Waals surface area contributed by atoms with Gasteiger partial charge in [0.05, 0.1) is 0 Å². The van der Waals surface area contributed by atoms with Gasteiger partial charge in [0, 0.05) is 6.04 Å². The van der Waals surface area contributed by atoms with Crippen molar-refractivity contribution in [1.82, 2.24) is 5.32 Å². The van der Waals surface area contributed by atoms with E-state index in [1.54, 1.807) is 0 Å². The van der Waals surface area contributed by atoms with Gasteiger partial charge < -0.3 is 10.4 Å². The molecule has 1 rings (SSSR count). The van der Waals surface area contributed by atoms with Gasteiger partial charge in [0.1, 0.15) is 5.92 Å². The first kappa shape index (κ1) is 9.77. The van der Waals surface area contributed by atoms with E-state index in [4.69, 9.17) is 5.11 Å². The lowest BCUT2D eigenvalue weighted by Crippen LogP contribution is -2.38. The van der Waals surface area contributed by atoms with Crippen LogP contribution in [-0.4, -0.2) is 23.0 Å². The van der Waals surface area contributed by atoms with Gasteiger partial charge in [0.2, 0.25) is 5.91 Å². The quantitative estimate of drug-likeness (QED) is 0.495. The Hall–Kier alpha value is -1.32. The normalized spacial score (nSPS) is 22.7. The van der Waals surface area contributed by atoms with Crippen molar-refractivity contribution in [3.63, 3.8) is 0 Å². The molecule has 4 heteroatoms. The van der Waals surface area contributed by atoms with Crippen molar-refractivity contribution in [2.24, 2.45) is 5.92 Å². The van der Waals surface area contributed by atoms with Gasteiger partial charge in [-0.1, -0.05) is 12.2 Å². The molecule has 0 fully saturated rings. The van der Waals surface area contributed by atoms with E-state index in [0.717, 1.165) is 12.8 Å². The first-order valence-electron chi connectivity index (χ1n) is 4.31. The number of carbonyl (C=O) groups excluding carboxylic acids is 1. The molecule has 1 aliphatic carbocycles. The van der Waals surface area contributed by atoms with Crippen molar-refractivity contribution in [2.75, 3.05) is 0 Å². The molecule has 1 amide bonds. The molecule has 13 heavy (non-hydrogen) atoms. The summed E-state index contributed by atoms with van der Waals surface area (Å²) < 4.78 is 0. The van der Waals surface area contributed by atoms with E-state index in [1.165, 1.54) is 6.92 Å². The first-order valence-corrected chi connectivity index (χ1v) is 4.31. The van der Waals surface area contributed by atoms with Crippen LogP contribution in [0.4, 0.5) is 0 Å². The highest BCUT2D eigenvalue weighted by molar-refractivity contribution is 5.96. The van der Waals surface area contributed by atoms with Gasteiger partial charge >= 0.3 is 5.97 Å². The molecule has 0 radical (unpaired) electrons. The maximum Gasteiger partial charge on any atom is 0.315 e. The molecular formula is C9H13NO3. The molecule has 0 bridgehead atoms. The lowest BCUT2D eigenvalue weighted by Gasteiger charge is -2.12. The van der Waals surface area contributed by atoms with Gasteiger partial charge in [-0.25, -0.2) is 0 Å². The molecular weight excluding hydrogens is 170 g/mol. The summed E-state index contributed by atoms with van der Waals surface area (Å²) in [5.74, 6) is -2.46. The SMILES string of the molecule is CC(C(=O)O)C(=O)NC1C=CCC1. The maximum atomic E-state index is 11.2. The number of aliphatic carboxylic acids is 1. The third kappa shape index (κ3) is 2.57. The second kappa shape index (κ2) is 4.07. The van der Waals surface area contributed by atoms with Crippen LogP contribution in [0.25, 0.3) is 0 Å². The summed E-state index contributed by atoms with van der Waals surface area (Å²) in [7, 11) is 0. The fourth-order valence-corrected chi connectivity index (χ4v) is 1.17. The van der Waals surface area contributed by atoms with E-state index in [2.05, 4.69) is 5.32 Å².